The second kappa shape index (κ2) is 5.69. The molecule has 0 aliphatic heterocycles. The Labute approximate surface area is 95.9 Å². The van der Waals surface area contributed by atoms with Gasteiger partial charge in [0.25, 0.3) is 0 Å². The predicted molar refractivity (Wildman–Crippen MR) is 42.5 cm³/mol. The summed E-state index contributed by atoms with van der Waals surface area (Å²) >= 11 is 0. The van der Waals surface area contributed by atoms with E-state index in [0.717, 1.165) is 0 Å². The first kappa shape index (κ1) is 16.2. The van der Waals surface area contributed by atoms with Gasteiger partial charge in [0.2, 0.25) is 0 Å². The van der Waals surface area contributed by atoms with Crippen molar-refractivity contribution in [2.45, 2.75) is 24.6 Å². The van der Waals surface area contributed by atoms with Crippen LogP contribution >= 0.6 is 0 Å². The van der Waals surface area contributed by atoms with Gasteiger partial charge in [-0.05, 0) is 0 Å². The molecule has 11 heteroatoms. The van der Waals surface area contributed by atoms with E-state index in [-0.39, 0.29) is 0 Å². The molecule has 106 valence electrons. The number of alkyl halides is 5. The van der Waals surface area contributed by atoms with Crippen LogP contribution in [0, 0.1) is 0 Å². The molecule has 0 aliphatic carbocycles. The van der Waals surface area contributed by atoms with Crippen molar-refractivity contribution in [1.82, 2.24) is 0 Å². The minimum atomic E-state index is -5.91. The van der Waals surface area contributed by atoms with Crippen LogP contribution in [0.4, 0.5) is 31.5 Å². The summed E-state index contributed by atoms with van der Waals surface area (Å²) in [5.74, 6) is -5.23. The van der Waals surface area contributed by atoms with Crippen molar-refractivity contribution in [2.75, 3.05) is 6.61 Å². The maximum absolute atomic E-state index is 12.6. The largest absolute Gasteiger partial charge is 0.506 e. The molecule has 0 fully saturated rings. The first-order valence-corrected chi connectivity index (χ1v) is 4.15. The average Bonchev–Trinajstić information content (AvgIpc) is 2.10. The fourth-order valence-corrected chi connectivity index (χ4v) is 0.843. The summed E-state index contributed by atoms with van der Waals surface area (Å²) in [5.41, 5.74) is 0. The zero-order chi connectivity index (χ0) is 14.6. The van der Waals surface area contributed by atoms with Gasteiger partial charge in [0.1, 0.15) is 12.7 Å². The number of halogens is 5. The SMILES string of the molecule is O=C(O)OCC(CC(F)(F)C(F)(F)F)OC(=O)O. The normalized spacial score (nSPS) is 13.8. The Morgan fingerprint density at radius 2 is 1.56 bits per heavy atom. The highest BCUT2D eigenvalue weighted by atomic mass is 19.4. The Morgan fingerprint density at radius 3 is 1.89 bits per heavy atom. The number of hydrogen-bond acceptors (Lipinski definition) is 4. The van der Waals surface area contributed by atoms with Crippen LogP contribution in [-0.4, -0.2) is 47.3 Å². The lowest BCUT2D eigenvalue weighted by atomic mass is 10.1. The molecule has 1 unspecified atom stereocenters. The van der Waals surface area contributed by atoms with E-state index in [9.17, 15) is 31.5 Å². The average molecular weight is 282 g/mol. The maximum Gasteiger partial charge on any atom is 0.506 e. The third-order valence-corrected chi connectivity index (χ3v) is 1.56. The van der Waals surface area contributed by atoms with Gasteiger partial charge >= 0.3 is 24.4 Å². The lowest BCUT2D eigenvalue weighted by Gasteiger charge is -2.23. The highest BCUT2D eigenvalue weighted by Gasteiger charge is 2.58. The Bertz CT molecular complexity index is 314. The minimum Gasteiger partial charge on any atom is -0.450 e. The van der Waals surface area contributed by atoms with Gasteiger partial charge in [0, 0.05) is 0 Å². The summed E-state index contributed by atoms with van der Waals surface area (Å²) in [6.07, 6.45) is -14.3. The van der Waals surface area contributed by atoms with Crippen LogP contribution < -0.4 is 0 Å². The zero-order valence-electron chi connectivity index (χ0n) is 8.41. The predicted octanol–water partition coefficient (Wildman–Crippen LogP) is 2.33. The van der Waals surface area contributed by atoms with Gasteiger partial charge in [-0.15, -0.1) is 0 Å². The van der Waals surface area contributed by atoms with Gasteiger partial charge in [0.15, 0.2) is 0 Å². The second-order valence-electron chi connectivity index (χ2n) is 2.99. The van der Waals surface area contributed by atoms with E-state index in [1.165, 1.54) is 0 Å². The summed E-state index contributed by atoms with van der Waals surface area (Å²) < 4.78 is 67.9. The molecule has 0 aliphatic rings. The topological polar surface area (TPSA) is 93.1 Å². The van der Waals surface area contributed by atoms with E-state index in [1.807, 2.05) is 0 Å². The number of hydrogen-bond donors (Lipinski definition) is 2. The fourth-order valence-electron chi connectivity index (χ4n) is 0.843. The lowest BCUT2D eigenvalue weighted by Crippen LogP contribution is -2.42. The van der Waals surface area contributed by atoms with Crippen LogP contribution in [0.15, 0.2) is 0 Å². The first-order chi connectivity index (χ1) is 7.95. The van der Waals surface area contributed by atoms with Gasteiger partial charge in [-0.2, -0.15) is 22.0 Å². The smallest absolute Gasteiger partial charge is 0.450 e. The molecule has 2 N–H and O–H groups in total. The fraction of sp³-hybridized carbons (Fsp3) is 0.714. The number of rotatable bonds is 5. The Balaban J connectivity index is 4.67. The van der Waals surface area contributed by atoms with Gasteiger partial charge in [-0.25, -0.2) is 9.59 Å². The van der Waals surface area contributed by atoms with Crippen LogP contribution in [0.2, 0.25) is 0 Å². The summed E-state index contributed by atoms with van der Waals surface area (Å²) in [5, 5.41) is 16.1. The molecule has 0 aromatic carbocycles. The molecule has 0 saturated heterocycles. The molecule has 0 amide bonds. The maximum atomic E-state index is 12.6. The molecule has 0 heterocycles. The lowest BCUT2D eigenvalue weighted by molar-refractivity contribution is -0.291. The number of ether oxygens (including phenoxy) is 2. The third kappa shape index (κ3) is 5.50. The third-order valence-electron chi connectivity index (χ3n) is 1.56. The van der Waals surface area contributed by atoms with E-state index in [0.29, 0.717) is 0 Å². The van der Waals surface area contributed by atoms with Crippen molar-refractivity contribution in [2.24, 2.45) is 0 Å². The molecule has 0 aromatic rings. The van der Waals surface area contributed by atoms with Gasteiger partial charge in [-0.1, -0.05) is 0 Å². The number of carboxylic acid groups (broad SMARTS) is 2. The first-order valence-electron chi connectivity index (χ1n) is 4.15. The van der Waals surface area contributed by atoms with Crippen LogP contribution in [-0.2, 0) is 9.47 Å². The highest BCUT2D eigenvalue weighted by molar-refractivity contribution is 5.58. The number of carbonyl (C=O) groups is 2. The summed E-state index contributed by atoms with van der Waals surface area (Å²) in [6, 6.07) is 0. The van der Waals surface area contributed by atoms with E-state index in [1.54, 1.807) is 0 Å². The highest BCUT2D eigenvalue weighted by Crippen LogP contribution is 2.39. The monoisotopic (exact) mass is 282 g/mol. The minimum absolute atomic E-state index is 1.27. The molecule has 6 nitrogen and oxygen atoms in total. The zero-order valence-corrected chi connectivity index (χ0v) is 8.41. The molecule has 0 rings (SSSR count). The van der Waals surface area contributed by atoms with Gasteiger partial charge in [-0.3, -0.25) is 0 Å². The van der Waals surface area contributed by atoms with Crippen LogP contribution in [0.25, 0.3) is 0 Å². The summed E-state index contributed by atoms with van der Waals surface area (Å²) in [4.78, 5) is 20.0. The molecule has 0 bridgehead atoms. The molecule has 0 saturated carbocycles. The standard InChI is InChI=1S/C7H7F5O6/c8-6(9,7(10,11)12)1-3(18-5(15)16)2-17-4(13)14/h3H,1-2H2,(H,13,14)(H,15,16). The van der Waals surface area contributed by atoms with E-state index < -0.39 is 43.5 Å². The van der Waals surface area contributed by atoms with Crippen molar-refractivity contribution in [1.29, 1.82) is 0 Å². The van der Waals surface area contributed by atoms with E-state index >= 15 is 0 Å². The molecule has 18 heavy (non-hydrogen) atoms. The summed E-state index contributed by atoms with van der Waals surface area (Å²) in [7, 11) is 0. The molecular formula is C7H7F5O6. The van der Waals surface area contributed by atoms with Crippen LogP contribution in [0.1, 0.15) is 6.42 Å². The van der Waals surface area contributed by atoms with Gasteiger partial charge < -0.3 is 19.7 Å². The summed E-state index contributed by atoms with van der Waals surface area (Å²) in [6.45, 7) is -1.27. The van der Waals surface area contributed by atoms with E-state index in [4.69, 9.17) is 10.2 Å². The van der Waals surface area contributed by atoms with Crippen molar-refractivity contribution in [3.05, 3.63) is 0 Å². The second-order valence-corrected chi connectivity index (χ2v) is 2.99. The van der Waals surface area contributed by atoms with Crippen molar-refractivity contribution >= 4 is 12.3 Å². The molecule has 1 atom stereocenters. The quantitative estimate of drug-likeness (QED) is 0.593. The van der Waals surface area contributed by atoms with Gasteiger partial charge in [0.05, 0.1) is 6.42 Å². The molecule has 0 aromatic heterocycles. The molecular weight excluding hydrogens is 275 g/mol. The Kier molecular flexibility index (Phi) is 5.12. The Hall–Kier alpha value is -1.81. The van der Waals surface area contributed by atoms with E-state index in [2.05, 4.69) is 9.47 Å². The van der Waals surface area contributed by atoms with Crippen molar-refractivity contribution in [3.63, 3.8) is 0 Å². The van der Waals surface area contributed by atoms with Crippen LogP contribution in [0.5, 0.6) is 0 Å². The molecule has 0 radical (unpaired) electrons. The van der Waals surface area contributed by atoms with Crippen LogP contribution in [0.3, 0.4) is 0 Å². The molecule has 0 spiro atoms. The Morgan fingerprint density at radius 1 is 1.06 bits per heavy atom. The van der Waals surface area contributed by atoms with Crippen molar-refractivity contribution in [3.8, 4) is 0 Å². The van der Waals surface area contributed by atoms with Crippen molar-refractivity contribution < 1.29 is 51.2 Å².